The van der Waals surface area contributed by atoms with Crippen LogP contribution in [0.4, 0.5) is 20.2 Å². The second-order valence-electron chi connectivity index (χ2n) is 15.8. The van der Waals surface area contributed by atoms with Crippen LogP contribution in [0.3, 0.4) is 0 Å². The molecule has 0 bridgehead atoms. The standard InChI is InChI=1S/2C21H20FN3O6S/c2*1-10-16(31-21(29)30-10)9-23-3-5-24(6-4-23)15-8-14-12(7-13(15)22)18(26)17(20(27)28)19-25(14)11(2)32-19/h2*7-8,11H,3-6,9H2,1-2H3,(H,27,28)/t2*11-/m11/s1. The lowest BCUT2D eigenvalue weighted by atomic mass is 10.1. The summed E-state index contributed by atoms with van der Waals surface area (Å²) in [5.74, 6) is -3.29. The van der Waals surface area contributed by atoms with Crippen molar-refractivity contribution in [3.8, 4) is 0 Å². The molecule has 2 N–H and O–H groups in total. The Bertz CT molecular complexity index is 2950. The van der Waals surface area contributed by atoms with Gasteiger partial charge in [0.05, 0.1) is 56.3 Å². The summed E-state index contributed by atoms with van der Waals surface area (Å²) in [6.45, 7) is 12.7. The summed E-state index contributed by atoms with van der Waals surface area (Å²) in [6.07, 6.45) is 0. The van der Waals surface area contributed by atoms with E-state index < -0.39 is 46.1 Å². The number of halogens is 2. The number of pyridine rings is 2. The van der Waals surface area contributed by atoms with Gasteiger partial charge in [-0.3, -0.25) is 19.4 Å². The lowest BCUT2D eigenvalue weighted by Crippen LogP contribution is -2.46. The molecule has 0 saturated carbocycles. The molecular weight excluding hydrogens is 883 g/mol. The molecule has 0 amide bonds. The van der Waals surface area contributed by atoms with Gasteiger partial charge in [0.25, 0.3) is 0 Å². The second-order valence-corrected chi connectivity index (χ2v) is 18.4. The van der Waals surface area contributed by atoms with Crippen LogP contribution in [0.15, 0.2) is 71.2 Å². The van der Waals surface area contributed by atoms with E-state index in [1.165, 1.54) is 23.5 Å². The predicted octanol–water partition coefficient (Wildman–Crippen LogP) is 5.28. The number of hydrogen-bond acceptors (Lipinski definition) is 16. The number of rotatable bonds is 8. The Balaban J connectivity index is 0.000000162. The lowest BCUT2D eigenvalue weighted by molar-refractivity contribution is 0.0678. The third kappa shape index (κ3) is 7.50. The number of hydrogen-bond donors (Lipinski definition) is 2. The van der Waals surface area contributed by atoms with Gasteiger partial charge in [0.15, 0.2) is 11.5 Å². The van der Waals surface area contributed by atoms with Crippen LogP contribution in [0.25, 0.3) is 21.8 Å². The van der Waals surface area contributed by atoms with Crippen molar-refractivity contribution < 1.29 is 46.3 Å². The molecule has 2 saturated heterocycles. The van der Waals surface area contributed by atoms with Gasteiger partial charge in [-0.1, -0.05) is 23.5 Å². The molecule has 4 aromatic heterocycles. The van der Waals surface area contributed by atoms with E-state index in [9.17, 15) is 39.0 Å². The molecule has 2 atom stereocenters. The molecule has 336 valence electrons. The minimum Gasteiger partial charge on any atom is -0.477 e. The highest BCUT2D eigenvalue weighted by molar-refractivity contribution is 8.00. The average Bonchev–Trinajstić information content (AvgIpc) is 3.73. The maximum absolute atomic E-state index is 15.0. The molecule has 0 spiro atoms. The van der Waals surface area contributed by atoms with Crippen molar-refractivity contribution in [1.82, 2.24) is 18.9 Å². The Hall–Kier alpha value is -6.10. The van der Waals surface area contributed by atoms with Crippen LogP contribution in [0.1, 0.15) is 68.4 Å². The summed E-state index contributed by atoms with van der Waals surface area (Å²) in [7, 11) is 0. The topological polar surface area (TPSA) is 218 Å². The van der Waals surface area contributed by atoms with E-state index in [1.807, 2.05) is 23.6 Å². The highest BCUT2D eigenvalue weighted by Crippen LogP contribution is 2.48. The minimum absolute atomic E-state index is 0.0470. The van der Waals surface area contributed by atoms with Crippen molar-refractivity contribution in [1.29, 1.82) is 0 Å². The van der Waals surface area contributed by atoms with Crippen molar-refractivity contribution in [3.63, 3.8) is 0 Å². The van der Waals surface area contributed by atoms with Crippen LogP contribution in [-0.2, 0) is 13.1 Å². The van der Waals surface area contributed by atoms with Gasteiger partial charge in [-0.05, 0) is 52.0 Å². The summed E-state index contributed by atoms with van der Waals surface area (Å²) in [5, 5.41) is 19.8. The van der Waals surface area contributed by atoms with Crippen molar-refractivity contribution in [2.24, 2.45) is 0 Å². The first-order valence-electron chi connectivity index (χ1n) is 20.3. The monoisotopic (exact) mass is 922 g/mol. The Morgan fingerprint density at radius 1 is 0.609 bits per heavy atom. The number of fused-ring (bicyclic) bond motifs is 6. The highest BCUT2D eigenvalue weighted by atomic mass is 32.2. The summed E-state index contributed by atoms with van der Waals surface area (Å²) < 4.78 is 53.6. The molecule has 6 aromatic rings. The Morgan fingerprint density at radius 2 is 0.969 bits per heavy atom. The van der Waals surface area contributed by atoms with E-state index in [2.05, 4.69) is 9.80 Å². The number of aromatic carboxylic acids is 2. The zero-order valence-corrected chi connectivity index (χ0v) is 36.4. The fraction of sp³-hybridized carbons (Fsp3) is 0.381. The normalized spacial score (nSPS) is 18.6. The zero-order valence-electron chi connectivity index (χ0n) is 34.8. The molecule has 0 radical (unpaired) electrons. The average molecular weight is 923 g/mol. The molecule has 0 unspecified atom stereocenters. The zero-order chi connectivity index (χ0) is 45.5. The molecule has 18 nitrogen and oxygen atoms in total. The summed E-state index contributed by atoms with van der Waals surface area (Å²) in [4.78, 5) is 79.1. The number of carboxylic acids is 2. The molecule has 22 heteroatoms. The maximum Gasteiger partial charge on any atom is 0.519 e. The van der Waals surface area contributed by atoms with Crippen LogP contribution in [0.5, 0.6) is 0 Å². The van der Waals surface area contributed by atoms with Crippen molar-refractivity contribution in [2.45, 2.75) is 61.6 Å². The number of carbonyl (C=O) groups is 2. The molecule has 64 heavy (non-hydrogen) atoms. The van der Waals surface area contributed by atoms with E-state index in [-0.39, 0.29) is 32.6 Å². The van der Waals surface area contributed by atoms with Gasteiger partial charge >= 0.3 is 23.6 Å². The van der Waals surface area contributed by atoms with Gasteiger partial charge in [-0.15, -0.1) is 0 Å². The number of piperazine rings is 2. The summed E-state index contributed by atoms with van der Waals surface area (Å²) in [6, 6.07) is 5.59. The largest absolute Gasteiger partial charge is 0.519 e. The van der Waals surface area contributed by atoms with Crippen LogP contribution >= 0.6 is 23.5 Å². The van der Waals surface area contributed by atoms with E-state index in [0.29, 0.717) is 121 Å². The van der Waals surface area contributed by atoms with E-state index in [0.717, 1.165) is 12.1 Å². The third-order valence-corrected chi connectivity index (χ3v) is 14.4. The van der Waals surface area contributed by atoms with Gasteiger partial charge < -0.3 is 46.8 Å². The van der Waals surface area contributed by atoms with Gasteiger partial charge in [-0.2, -0.15) is 0 Å². The number of benzene rings is 2. The van der Waals surface area contributed by atoms with Crippen LogP contribution in [-0.4, -0.2) is 93.4 Å². The van der Waals surface area contributed by atoms with E-state index in [4.69, 9.17) is 17.7 Å². The van der Waals surface area contributed by atoms with Gasteiger partial charge in [0.2, 0.25) is 10.9 Å². The fourth-order valence-corrected chi connectivity index (χ4v) is 11.0. The third-order valence-electron chi connectivity index (χ3n) is 12.0. The van der Waals surface area contributed by atoms with Crippen molar-refractivity contribution in [2.75, 3.05) is 62.2 Å². The highest BCUT2D eigenvalue weighted by Gasteiger charge is 2.35. The molecule has 2 aromatic carbocycles. The van der Waals surface area contributed by atoms with Crippen molar-refractivity contribution in [3.05, 3.63) is 112 Å². The molecule has 8 heterocycles. The first kappa shape index (κ1) is 43.2. The lowest BCUT2D eigenvalue weighted by Gasteiger charge is -2.37. The van der Waals surface area contributed by atoms with Crippen LogP contribution < -0.4 is 32.3 Å². The fourth-order valence-electron chi connectivity index (χ4n) is 8.67. The Labute approximate surface area is 368 Å². The van der Waals surface area contributed by atoms with Gasteiger partial charge in [-0.25, -0.2) is 28.0 Å². The SMILES string of the molecule is Cc1oc(=O)oc1CN1CCN(c2cc3c(cc2F)c(=O)c(C(=O)O)c2n3[C@@H](C)S2)CC1.Cc1oc(=O)oc1CN1CCN(c2cc3c(cc2F)c(=O)c(C(=O)O)c2n3[C@@H](C)S2)CC1. The predicted molar refractivity (Wildman–Crippen MR) is 230 cm³/mol. The van der Waals surface area contributed by atoms with Crippen LogP contribution in [0.2, 0.25) is 0 Å². The van der Waals surface area contributed by atoms with E-state index >= 15 is 8.78 Å². The molecule has 2 fully saturated rings. The number of aryl methyl sites for hydroxylation is 2. The Kier molecular flexibility index (Phi) is 11.1. The minimum atomic E-state index is -1.30. The summed E-state index contributed by atoms with van der Waals surface area (Å²) in [5.41, 5.74) is -0.0958. The van der Waals surface area contributed by atoms with Crippen LogP contribution in [0, 0.1) is 25.5 Å². The summed E-state index contributed by atoms with van der Waals surface area (Å²) >= 11 is 2.63. The molecule has 4 aliphatic heterocycles. The number of carboxylic acid groups (broad SMARTS) is 2. The van der Waals surface area contributed by atoms with E-state index in [1.54, 1.807) is 35.1 Å². The molecular formula is C42H40F2N6O12S2. The van der Waals surface area contributed by atoms with Gasteiger partial charge in [0, 0.05) is 63.1 Å². The van der Waals surface area contributed by atoms with Gasteiger partial charge in [0.1, 0.15) is 34.3 Å². The smallest absolute Gasteiger partial charge is 0.477 e. The molecule has 4 aliphatic rings. The molecule has 0 aliphatic carbocycles. The number of anilines is 2. The number of aromatic nitrogens is 2. The Morgan fingerprint density at radius 3 is 1.27 bits per heavy atom. The first-order valence-corrected chi connectivity index (χ1v) is 22.0. The number of nitrogens with zero attached hydrogens (tertiary/aromatic N) is 6. The van der Waals surface area contributed by atoms with Crippen molar-refractivity contribution >= 4 is 68.6 Å². The second kappa shape index (κ2) is 16.5. The number of thioether (sulfide) groups is 2. The quantitative estimate of drug-likeness (QED) is 0.198. The first-order chi connectivity index (χ1) is 30.5. The molecule has 10 rings (SSSR count). The maximum atomic E-state index is 15.0.